The van der Waals surface area contributed by atoms with Crippen LogP contribution in [0.15, 0.2) is 29.2 Å². The first kappa shape index (κ1) is 14.0. The van der Waals surface area contributed by atoms with Crippen LogP contribution in [0, 0.1) is 11.7 Å². The van der Waals surface area contributed by atoms with E-state index in [-0.39, 0.29) is 10.9 Å². The van der Waals surface area contributed by atoms with Crippen molar-refractivity contribution < 1.29 is 12.8 Å². The molecule has 1 aliphatic carbocycles. The zero-order valence-corrected chi connectivity index (χ0v) is 12.3. The third kappa shape index (κ3) is 2.37. The molecule has 0 N–H and O–H groups in total. The van der Waals surface area contributed by atoms with Gasteiger partial charge >= 0.3 is 0 Å². The van der Waals surface area contributed by atoms with Crippen LogP contribution in [0.1, 0.15) is 38.5 Å². The summed E-state index contributed by atoms with van der Waals surface area (Å²) in [5.74, 6) is -0.190. The van der Waals surface area contributed by atoms with Crippen molar-refractivity contribution in [3.05, 3.63) is 30.1 Å². The molecule has 1 aliphatic heterocycles. The molecule has 20 heavy (non-hydrogen) atoms. The summed E-state index contributed by atoms with van der Waals surface area (Å²) >= 11 is 0. The number of hydrogen-bond acceptors (Lipinski definition) is 2. The van der Waals surface area contributed by atoms with Crippen molar-refractivity contribution in [2.24, 2.45) is 5.92 Å². The minimum absolute atomic E-state index is 0.0714. The van der Waals surface area contributed by atoms with Gasteiger partial charge in [0.15, 0.2) is 0 Å². The summed E-state index contributed by atoms with van der Waals surface area (Å²) < 4.78 is 40.9. The van der Waals surface area contributed by atoms with Crippen LogP contribution in [0.4, 0.5) is 4.39 Å². The molecule has 1 aromatic carbocycles. The highest BCUT2D eigenvalue weighted by Gasteiger charge is 2.40. The lowest BCUT2D eigenvalue weighted by atomic mass is 9.79. The Balaban J connectivity index is 1.96. The Hall–Kier alpha value is -0.940. The Morgan fingerprint density at radius 2 is 1.75 bits per heavy atom. The molecule has 0 unspecified atom stereocenters. The van der Waals surface area contributed by atoms with Crippen molar-refractivity contribution in [3.63, 3.8) is 0 Å². The van der Waals surface area contributed by atoms with Crippen molar-refractivity contribution >= 4 is 10.0 Å². The molecule has 1 saturated carbocycles. The maximum Gasteiger partial charge on any atom is 0.246 e. The zero-order chi connectivity index (χ0) is 14.2. The van der Waals surface area contributed by atoms with E-state index in [1.807, 2.05) is 0 Å². The SMILES string of the molecule is O=S(=O)(c1ccccc1F)N1CCC[C@H]2CCCC[C@H]21. The van der Waals surface area contributed by atoms with E-state index in [2.05, 4.69) is 0 Å². The summed E-state index contributed by atoms with van der Waals surface area (Å²) in [6.45, 7) is 0.526. The number of rotatable bonds is 2. The van der Waals surface area contributed by atoms with E-state index >= 15 is 0 Å². The van der Waals surface area contributed by atoms with Crippen LogP contribution in [0.25, 0.3) is 0 Å². The fourth-order valence-electron chi connectivity index (χ4n) is 3.66. The molecule has 1 heterocycles. The fourth-order valence-corrected chi connectivity index (χ4v) is 5.48. The Kier molecular flexibility index (Phi) is 3.82. The van der Waals surface area contributed by atoms with Gasteiger partial charge in [-0.25, -0.2) is 12.8 Å². The van der Waals surface area contributed by atoms with Crippen LogP contribution in [0.2, 0.25) is 0 Å². The van der Waals surface area contributed by atoms with Gasteiger partial charge < -0.3 is 0 Å². The first-order valence-corrected chi connectivity index (χ1v) is 8.81. The topological polar surface area (TPSA) is 37.4 Å². The number of fused-ring (bicyclic) bond motifs is 1. The molecule has 0 aromatic heterocycles. The number of halogens is 1. The highest BCUT2D eigenvalue weighted by Crippen LogP contribution is 2.38. The smallest absolute Gasteiger partial charge is 0.207 e. The molecule has 3 nitrogen and oxygen atoms in total. The standard InChI is InChI=1S/C15H20FNO2S/c16-13-8-2-4-10-15(13)20(18,19)17-11-5-7-12-6-1-3-9-14(12)17/h2,4,8,10,12,14H,1,3,5-7,9,11H2/t12-,14-/m1/s1. The monoisotopic (exact) mass is 297 g/mol. The van der Waals surface area contributed by atoms with Gasteiger partial charge in [0, 0.05) is 12.6 Å². The average Bonchev–Trinajstić information content (AvgIpc) is 2.47. The third-order valence-electron chi connectivity index (χ3n) is 4.62. The van der Waals surface area contributed by atoms with Gasteiger partial charge in [-0.1, -0.05) is 25.0 Å². The largest absolute Gasteiger partial charge is 0.246 e. The second-order valence-electron chi connectivity index (χ2n) is 5.80. The number of nitrogens with zero attached hydrogens (tertiary/aromatic N) is 1. The zero-order valence-electron chi connectivity index (χ0n) is 11.5. The van der Waals surface area contributed by atoms with Crippen LogP contribution in [-0.2, 0) is 10.0 Å². The predicted molar refractivity (Wildman–Crippen MR) is 75.3 cm³/mol. The van der Waals surface area contributed by atoms with Crippen LogP contribution in [-0.4, -0.2) is 25.3 Å². The number of piperidine rings is 1. The molecule has 2 atom stereocenters. The van der Waals surface area contributed by atoms with Crippen molar-refractivity contribution in [2.75, 3.05) is 6.54 Å². The minimum atomic E-state index is -3.70. The van der Waals surface area contributed by atoms with Gasteiger partial charge in [0.25, 0.3) is 0 Å². The average molecular weight is 297 g/mol. The van der Waals surface area contributed by atoms with Gasteiger partial charge in [-0.15, -0.1) is 0 Å². The number of sulfonamides is 1. The molecule has 0 amide bonds. The van der Waals surface area contributed by atoms with Crippen molar-refractivity contribution in [1.82, 2.24) is 4.31 Å². The lowest BCUT2D eigenvalue weighted by Gasteiger charge is -2.43. The lowest BCUT2D eigenvalue weighted by molar-refractivity contribution is 0.129. The highest BCUT2D eigenvalue weighted by atomic mass is 32.2. The summed E-state index contributed by atoms with van der Waals surface area (Å²) in [6.07, 6.45) is 6.27. The van der Waals surface area contributed by atoms with Crippen molar-refractivity contribution in [2.45, 2.75) is 49.5 Å². The second kappa shape index (κ2) is 5.45. The molecule has 1 aromatic rings. The van der Waals surface area contributed by atoms with E-state index in [1.54, 1.807) is 10.4 Å². The Morgan fingerprint density at radius 3 is 2.55 bits per heavy atom. The van der Waals surface area contributed by atoms with Gasteiger partial charge in [0.05, 0.1) is 0 Å². The maximum atomic E-state index is 13.9. The molecule has 0 spiro atoms. The Bertz CT molecular complexity index is 585. The summed E-state index contributed by atoms with van der Waals surface area (Å²) in [7, 11) is -3.70. The first-order valence-electron chi connectivity index (χ1n) is 7.37. The van der Waals surface area contributed by atoms with Crippen LogP contribution in [0.3, 0.4) is 0 Å². The molecule has 1 saturated heterocycles. The van der Waals surface area contributed by atoms with Gasteiger partial charge in [-0.05, 0) is 43.7 Å². The predicted octanol–water partition coefficient (Wildman–Crippen LogP) is 3.17. The van der Waals surface area contributed by atoms with Crippen LogP contribution >= 0.6 is 0 Å². The third-order valence-corrected chi connectivity index (χ3v) is 6.57. The number of benzene rings is 1. The fraction of sp³-hybridized carbons (Fsp3) is 0.600. The highest BCUT2D eigenvalue weighted by molar-refractivity contribution is 7.89. The van der Waals surface area contributed by atoms with Gasteiger partial charge in [-0.3, -0.25) is 0 Å². The second-order valence-corrected chi connectivity index (χ2v) is 7.66. The quantitative estimate of drug-likeness (QED) is 0.841. The molecule has 110 valence electrons. The van der Waals surface area contributed by atoms with Gasteiger partial charge in [0.1, 0.15) is 10.7 Å². The van der Waals surface area contributed by atoms with E-state index in [9.17, 15) is 12.8 Å². The van der Waals surface area contributed by atoms with E-state index < -0.39 is 15.8 Å². The summed E-state index contributed by atoms with van der Waals surface area (Å²) in [5, 5.41) is 0. The summed E-state index contributed by atoms with van der Waals surface area (Å²) in [5.41, 5.74) is 0. The van der Waals surface area contributed by atoms with Gasteiger partial charge in [-0.2, -0.15) is 4.31 Å². The first-order chi connectivity index (χ1) is 9.60. The minimum Gasteiger partial charge on any atom is -0.207 e. The molecule has 2 fully saturated rings. The molecule has 0 radical (unpaired) electrons. The molecule has 3 rings (SSSR count). The normalized spacial score (nSPS) is 28.1. The molecule has 5 heteroatoms. The van der Waals surface area contributed by atoms with E-state index in [1.165, 1.54) is 24.6 Å². The maximum absolute atomic E-state index is 13.9. The van der Waals surface area contributed by atoms with Crippen LogP contribution in [0.5, 0.6) is 0 Å². The summed E-state index contributed by atoms with van der Waals surface area (Å²) in [6, 6.07) is 5.76. The lowest BCUT2D eigenvalue weighted by Crippen LogP contribution is -2.49. The molecular formula is C15H20FNO2S. The van der Waals surface area contributed by atoms with E-state index in [4.69, 9.17) is 0 Å². The molecular weight excluding hydrogens is 277 g/mol. The Labute approximate surface area is 119 Å². The number of hydrogen-bond donors (Lipinski definition) is 0. The van der Waals surface area contributed by atoms with E-state index in [0.29, 0.717) is 12.5 Å². The molecule has 0 bridgehead atoms. The van der Waals surface area contributed by atoms with Crippen molar-refractivity contribution in [3.8, 4) is 0 Å². The Morgan fingerprint density at radius 1 is 1.05 bits per heavy atom. The summed E-state index contributed by atoms with van der Waals surface area (Å²) in [4.78, 5) is -0.175. The van der Waals surface area contributed by atoms with Crippen molar-refractivity contribution in [1.29, 1.82) is 0 Å². The van der Waals surface area contributed by atoms with Gasteiger partial charge in [0.2, 0.25) is 10.0 Å². The van der Waals surface area contributed by atoms with Crippen LogP contribution < -0.4 is 0 Å². The van der Waals surface area contributed by atoms with E-state index in [0.717, 1.165) is 32.1 Å². The molecule has 2 aliphatic rings.